The molecule has 118 valence electrons. The van der Waals surface area contributed by atoms with Gasteiger partial charge in [0.25, 0.3) is 0 Å². The van der Waals surface area contributed by atoms with Crippen LogP contribution in [0.1, 0.15) is 21.5 Å². The van der Waals surface area contributed by atoms with Gasteiger partial charge in [-0.2, -0.15) is 5.10 Å². The molecule has 0 bridgehead atoms. The smallest absolute Gasteiger partial charge is 0.337 e. The van der Waals surface area contributed by atoms with Crippen molar-refractivity contribution in [2.24, 2.45) is 5.10 Å². The predicted molar refractivity (Wildman–Crippen MR) is 88.7 cm³/mol. The predicted octanol–water partition coefficient (Wildman–Crippen LogP) is 2.82. The molecule has 0 fully saturated rings. The first-order valence-corrected chi connectivity index (χ1v) is 7.21. The lowest BCUT2D eigenvalue weighted by Gasteiger charge is -2.01. The van der Waals surface area contributed by atoms with Crippen molar-refractivity contribution in [3.63, 3.8) is 0 Å². The summed E-state index contributed by atoms with van der Waals surface area (Å²) in [6, 6.07) is 13.7. The Morgan fingerprint density at radius 1 is 1.13 bits per heavy atom. The maximum atomic E-state index is 11.8. The van der Waals surface area contributed by atoms with Gasteiger partial charge in [-0.25, -0.2) is 10.2 Å². The van der Waals surface area contributed by atoms with Crippen LogP contribution in [-0.2, 0) is 16.0 Å². The monoisotopic (exact) mass is 330 g/mol. The van der Waals surface area contributed by atoms with Gasteiger partial charge in [0.05, 0.1) is 25.3 Å². The molecule has 1 N–H and O–H groups in total. The van der Waals surface area contributed by atoms with E-state index in [1.807, 2.05) is 0 Å². The van der Waals surface area contributed by atoms with Gasteiger partial charge in [0.15, 0.2) is 0 Å². The number of amides is 1. The van der Waals surface area contributed by atoms with Crippen LogP contribution in [0.3, 0.4) is 0 Å². The van der Waals surface area contributed by atoms with Gasteiger partial charge in [-0.15, -0.1) is 0 Å². The summed E-state index contributed by atoms with van der Waals surface area (Å²) in [5.74, 6) is -0.625. The molecule has 23 heavy (non-hydrogen) atoms. The second-order valence-corrected chi connectivity index (χ2v) is 5.15. The third-order valence-corrected chi connectivity index (χ3v) is 3.26. The molecule has 0 saturated carbocycles. The first kappa shape index (κ1) is 16.7. The highest BCUT2D eigenvalue weighted by molar-refractivity contribution is 6.30. The molecular formula is C17H15ClN2O3. The second-order valence-electron chi connectivity index (χ2n) is 4.71. The Bertz CT molecular complexity index is 710. The number of benzene rings is 2. The maximum Gasteiger partial charge on any atom is 0.337 e. The molecule has 0 aliphatic rings. The zero-order valence-corrected chi connectivity index (χ0v) is 13.2. The number of hydrazone groups is 1. The Balaban J connectivity index is 1.87. The number of rotatable bonds is 5. The van der Waals surface area contributed by atoms with Crippen molar-refractivity contribution in [1.82, 2.24) is 5.43 Å². The van der Waals surface area contributed by atoms with E-state index in [1.165, 1.54) is 13.3 Å². The third-order valence-electron chi connectivity index (χ3n) is 3.01. The quantitative estimate of drug-likeness (QED) is 0.521. The summed E-state index contributed by atoms with van der Waals surface area (Å²) in [5, 5.41) is 4.51. The highest BCUT2D eigenvalue weighted by Crippen LogP contribution is 2.09. The lowest BCUT2D eigenvalue weighted by molar-refractivity contribution is -0.120. The Morgan fingerprint density at radius 3 is 2.39 bits per heavy atom. The van der Waals surface area contributed by atoms with Gasteiger partial charge in [-0.05, 0) is 35.4 Å². The minimum Gasteiger partial charge on any atom is -0.465 e. The lowest BCUT2D eigenvalue weighted by atomic mass is 10.1. The van der Waals surface area contributed by atoms with Crippen LogP contribution >= 0.6 is 11.6 Å². The van der Waals surface area contributed by atoms with Crippen molar-refractivity contribution in [1.29, 1.82) is 0 Å². The average Bonchev–Trinajstić information content (AvgIpc) is 2.57. The molecule has 5 nitrogen and oxygen atoms in total. The number of methoxy groups -OCH3 is 1. The summed E-state index contributed by atoms with van der Waals surface area (Å²) < 4.78 is 4.61. The van der Waals surface area contributed by atoms with Crippen LogP contribution in [0.15, 0.2) is 53.6 Å². The number of carbonyl (C=O) groups is 2. The van der Waals surface area contributed by atoms with Crippen LogP contribution in [0.25, 0.3) is 0 Å². The molecule has 0 heterocycles. The molecule has 0 aromatic heterocycles. The third kappa shape index (κ3) is 5.23. The first-order chi connectivity index (χ1) is 11.1. The fourth-order valence-corrected chi connectivity index (χ4v) is 1.96. The van der Waals surface area contributed by atoms with Crippen molar-refractivity contribution in [3.05, 3.63) is 70.2 Å². The van der Waals surface area contributed by atoms with Gasteiger partial charge in [0.1, 0.15) is 0 Å². The van der Waals surface area contributed by atoms with E-state index in [0.717, 1.165) is 11.1 Å². The fraction of sp³-hybridized carbons (Fsp3) is 0.118. The number of nitrogens with one attached hydrogen (secondary N) is 1. The highest BCUT2D eigenvalue weighted by Gasteiger charge is 2.04. The Morgan fingerprint density at radius 2 is 1.78 bits per heavy atom. The molecule has 0 atom stereocenters. The molecule has 0 aliphatic carbocycles. The molecule has 0 unspecified atom stereocenters. The van der Waals surface area contributed by atoms with Crippen LogP contribution in [-0.4, -0.2) is 25.2 Å². The fourth-order valence-electron chi connectivity index (χ4n) is 1.83. The summed E-state index contributed by atoms with van der Waals surface area (Å²) >= 11 is 5.79. The standard InChI is InChI=1S/C17H15ClN2O3/c1-23-17(22)14-6-2-13(3-7-14)11-19-20-16(21)10-12-4-8-15(18)9-5-12/h2-9,11H,10H2,1H3,(H,20,21)/b19-11+. The van der Waals surface area contributed by atoms with Crippen LogP contribution in [0, 0.1) is 0 Å². The summed E-state index contributed by atoms with van der Waals surface area (Å²) in [7, 11) is 1.33. The molecule has 1 amide bonds. The summed E-state index contributed by atoms with van der Waals surface area (Å²) in [4.78, 5) is 23.1. The summed E-state index contributed by atoms with van der Waals surface area (Å²) in [5.41, 5.74) is 4.51. The van der Waals surface area contributed by atoms with Crippen molar-refractivity contribution in [3.8, 4) is 0 Å². The van der Waals surface area contributed by atoms with E-state index in [9.17, 15) is 9.59 Å². The molecule has 2 rings (SSSR count). The average molecular weight is 331 g/mol. The Hall–Kier alpha value is -2.66. The number of halogens is 1. The van der Waals surface area contributed by atoms with Gasteiger partial charge >= 0.3 is 5.97 Å². The Kier molecular flexibility index (Phi) is 5.88. The number of hydrogen-bond donors (Lipinski definition) is 1. The molecule has 0 saturated heterocycles. The topological polar surface area (TPSA) is 67.8 Å². The highest BCUT2D eigenvalue weighted by atomic mass is 35.5. The SMILES string of the molecule is COC(=O)c1ccc(/C=N/NC(=O)Cc2ccc(Cl)cc2)cc1. The van der Waals surface area contributed by atoms with Gasteiger partial charge in [0, 0.05) is 5.02 Å². The number of carbonyl (C=O) groups excluding carboxylic acids is 2. The molecule has 0 spiro atoms. The molecule has 6 heteroatoms. The van der Waals surface area contributed by atoms with E-state index in [4.69, 9.17) is 11.6 Å². The largest absolute Gasteiger partial charge is 0.465 e. The van der Waals surface area contributed by atoms with Crippen molar-refractivity contribution in [2.45, 2.75) is 6.42 Å². The molecule has 2 aromatic rings. The Labute approximate surface area is 138 Å². The number of ether oxygens (including phenoxy) is 1. The van der Waals surface area contributed by atoms with Crippen LogP contribution in [0.4, 0.5) is 0 Å². The minimum absolute atomic E-state index is 0.218. The van der Waals surface area contributed by atoms with E-state index >= 15 is 0 Å². The van der Waals surface area contributed by atoms with Gasteiger partial charge in [0.2, 0.25) is 5.91 Å². The summed E-state index contributed by atoms with van der Waals surface area (Å²) in [6.07, 6.45) is 1.72. The molecule has 0 radical (unpaired) electrons. The van der Waals surface area contributed by atoms with Gasteiger partial charge < -0.3 is 4.74 Å². The van der Waals surface area contributed by atoms with Crippen molar-refractivity contribution >= 4 is 29.7 Å². The molecule has 0 aliphatic heterocycles. The van der Waals surface area contributed by atoms with Crippen molar-refractivity contribution < 1.29 is 14.3 Å². The number of esters is 1. The molecular weight excluding hydrogens is 316 g/mol. The summed E-state index contributed by atoms with van der Waals surface area (Å²) in [6.45, 7) is 0. The van der Waals surface area contributed by atoms with Crippen molar-refractivity contribution in [2.75, 3.05) is 7.11 Å². The van der Waals surface area contributed by atoms with E-state index in [0.29, 0.717) is 10.6 Å². The van der Waals surface area contributed by atoms with E-state index < -0.39 is 5.97 Å². The van der Waals surface area contributed by atoms with Gasteiger partial charge in [-0.1, -0.05) is 35.9 Å². The number of hydrogen-bond acceptors (Lipinski definition) is 4. The lowest BCUT2D eigenvalue weighted by Crippen LogP contribution is -2.19. The van der Waals surface area contributed by atoms with E-state index in [1.54, 1.807) is 48.5 Å². The molecule has 2 aromatic carbocycles. The second kappa shape index (κ2) is 8.10. The van der Waals surface area contributed by atoms with Crippen LogP contribution in [0.5, 0.6) is 0 Å². The minimum atomic E-state index is -0.398. The number of nitrogens with zero attached hydrogens (tertiary/aromatic N) is 1. The normalized spacial score (nSPS) is 10.5. The van der Waals surface area contributed by atoms with E-state index in [2.05, 4.69) is 15.3 Å². The van der Waals surface area contributed by atoms with Crippen LogP contribution in [0.2, 0.25) is 5.02 Å². The maximum absolute atomic E-state index is 11.8. The van der Waals surface area contributed by atoms with Gasteiger partial charge in [-0.3, -0.25) is 4.79 Å². The zero-order valence-electron chi connectivity index (χ0n) is 12.5. The van der Waals surface area contributed by atoms with E-state index in [-0.39, 0.29) is 12.3 Å². The zero-order chi connectivity index (χ0) is 16.7. The first-order valence-electron chi connectivity index (χ1n) is 6.83. The van der Waals surface area contributed by atoms with Crippen LogP contribution < -0.4 is 5.43 Å².